The second-order valence-electron chi connectivity index (χ2n) is 6.51. The summed E-state index contributed by atoms with van der Waals surface area (Å²) in [6, 6.07) is 20.0. The first-order valence-electron chi connectivity index (χ1n) is 8.51. The Labute approximate surface area is 139 Å². The van der Waals surface area contributed by atoms with Crippen molar-refractivity contribution in [2.75, 3.05) is 6.54 Å². The molecule has 0 atom stereocenters. The lowest BCUT2D eigenvalue weighted by Crippen LogP contribution is -2.25. The molecule has 0 saturated carbocycles. The number of benzene rings is 2. The third-order valence-corrected chi connectivity index (χ3v) is 4.47. The fraction of sp³-hybridized carbons (Fsp3) is 0.333. The summed E-state index contributed by atoms with van der Waals surface area (Å²) in [4.78, 5) is 0. The van der Waals surface area contributed by atoms with Gasteiger partial charge in [0.15, 0.2) is 0 Å². The van der Waals surface area contributed by atoms with E-state index in [1.165, 1.54) is 27.7 Å². The highest BCUT2D eigenvalue weighted by Gasteiger charge is 2.13. The van der Waals surface area contributed by atoms with Crippen molar-refractivity contribution in [1.82, 2.24) is 9.88 Å². The van der Waals surface area contributed by atoms with Gasteiger partial charge in [-0.3, -0.25) is 0 Å². The van der Waals surface area contributed by atoms with E-state index in [1.54, 1.807) is 0 Å². The van der Waals surface area contributed by atoms with Crippen LogP contribution in [0.1, 0.15) is 30.7 Å². The predicted molar refractivity (Wildman–Crippen MR) is 99.1 cm³/mol. The highest BCUT2D eigenvalue weighted by Crippen LogP contribution is 2.27. The van der Waals surface area contributed by atoms with Crippen LogP contribution in [0.15, 0.2) is 54.6 Å². The van der Waals surface area contributed by atoms with Crippen LogP contribution in [-0.2, 0) is 13.0 Å². The fourth-order valence-corrected chi connectivity index (χ4v) is 3.27. The van der Waals surface area contributed by atoms with Crippen LogP contribution in [0.2, 0.25) is 0 Å². The molecule has 120 valence electrons. The maximum absolute atomic E-state index is 3.54. The zero-order valence-electron chi connectivity index (χ0n) is 14.3. The van der Waals surface area contributed by atoms with Gasteiger partial charge < -0.3 is 9.88 Å². The Balaban J connectivity index is 1.96. The SMILES string of the molecule is Cc1c(CCNC(C)C)c2ccccc2n1Cc1ccccc1. The van der Waals surface area contributed by atoms with E-state index in [2.05, 4.69) is 85.3 Å². The van der Waals surface area contributed by atoms with Crippen LogP contribution >= 0.6 is 0 Å². The minimum Gasteiger partial charge on any atom is -0.340 e. The van der Waals surface area contributed by atoms with Crippen LogP contribution in [0.4, 0.5) is 0 Å². The monoisotopic (exact) mass is 306 g/mol. The summed E-state index contributed by atoms with van der Waals surface area (Å²) < 4.78 is 2.45. The van der Waals surface area contributed by atoms with Gasteiger partial charge in [-0.15, -0.1) is 0 Å². The number of fused-ring (bicyclic) bond motifs is 1. The molecular formula is C21H26N2. The van der Waals surface area contributed by atoms with E-state index < -0.39 is 0 Å². The highest BCUT2D eigenvalue weighted by atomic mass is 15.0. The van der Waals surface area contributed by atoms with Crippen molar-refractivity contribution in [3.63, 3.8) is 0 Å². The smallest absolute Gasteiger partial charge is 0.0488 e. The molecule has 2 aromatic carbocycles. The van der Waals surface area contributed by atoms with Crippen LogP contribution in [0, 0.1) is 6.92 Å². The Bertz CT molecular complexity index is 769. The van der Waals surface area contributed by atoms with Crippen molar-refractivity contribution >= 4 is 10.9 Å². The number of nitrogens with one attached hydrogen (secondary N) is 1. The number of aromatic nitrogens is 1. The van der Waals surface area contributed by atoms with Crippen LogP contribution in [-0.4, -0.2) is 17.2 Å². The predicted octanol–water partition coefficient (Wildman–Crippen LogP) is 4.54. The summed E-state index contributed by atoms with van der Waals surface area (Å²) in [5, 5.41) is 4.93. The first-order valence-corrected chi connectivity index (χ1v) is 8.51. The number of hydrogen-bond acceptors (Lipinski definition) is 1. The first-order chi connectivity index (χ1) is 11.2. The van der Waals surface area contributed by atoms with Crippen molar-refractivity contribution < 1.29 is 0 Å². The van der Waals surface area contributed by atoms with Gasteiger partial charge in [-0.2, -0.15) is 0 Å². The largest absolute Gasteiger partial charge is 0.340 e. The summed E-state index contributed by atoms with van der Waals surface area (Å²) in [6.45, 7) is 8.62. The van der Waals surface area contributed by atoms with E-state index in [0.717, 1.165) is 19.5 Å². The molecule has 0 aliphatic rings. The fourth-order valence-electron chi connectivity index (χ4n) is 3.27. The Morgan fingerprint density at radius 1 is 0.957 bits per heavy atom. The number of rotatable bonds is 6. The van der Waals surface area contributed by atoms with Crippen molar-refractivity contribution in [1.29, 1.82) is 0 Å². The second-order valence-corrected chi connectivity index (χ2v) is 6.51. The summed E-state index contributed by atoms with van der Waals surface area (Å²) in [5.41, 5.74) is 5.56. The quantitative estimate of drug-likeness (QED) is 0.707. The lowest BCUT2D eigenvalue weighted by atomic mass is 10.1. The molecule has 0 saturated heterocycles. The molecule has 0 unspecified atom stereocenters. The molecule has 1 aromatic heterocycles. The molecule has 3 rings (SSSR count). The number of nitrogens with zero attached hydrogens (tertiary/aromatic N) is 1. The summed E-state index contributed by atoms with van der Waals surface area (Å²) in [5.74, 6) is 0. The molecule has 2 heteroatoms. The second kappa shape index (κ2) is 7.01. The van der Waals surface area contributed by atoms with E-state index in [9.17, 15) is 0 Å². The molecule has 0 bridgehead atoms. The van der Waals surface area contributed by atoms with E-state index >= 15 is 0 Å². The van der Waals surface area contributed by atoms with Crippen molar-refractivity contribution in [2.24, 2.45) is 0 Å². The van der Waals surface area contributed by atoms with E-state index in [1.807, 2.05) is 0 Å². The maximum atomic E-state index is 3.54. The molecule has 1 heterocycles. The molecule has 0 amide bonds. The molecule has 0 fully saturated rings. The number of hydrogen-bond donors (Lipinski definition) is 1. The lowest BCUT2D eigenvalue weighted by molar-refractivity contribution is 0.589. The molecule has 2 nitrogen and oxygen atoms in total. The van der Waals surface area contributed by atoms with Gasteiger partial charge in [0.25, 0.3) is 0 Å². The lowest BCUT2D eigenvalue weighted by Gasteiger charge is -2.10. The minimum absolute atomic E-state index is 0.535. The molecule has 0 radical (unpaired) electrons. The highest BCUT2D eigenvalue weighted by molar-refractivity contribution is 5.85. The molecule has 3 aromatic rings. The van der Waals surface area contributed by atoms with Gasteiger partial charge in [-0.1, -0.05) is 62.4 Å². The third-order valence-electron chi connectivity index (χ3n) is 4.47. The third kappa shape index (κ3) is 3.48. The Morgan fingerprint density at radius 3 is 2.39 bits per heavy atom. The van der Waals surface area contributed by atoms with Crippen LogP contribution < -0.4 is 5.32 Å². The zero-order chi connectivity index (χ0) is 16.2. The Kier molecular flexibility index (Phi) is 4.82. The average Bonchev–Trinajstić information content (AvgIpc) is 2.81. The van der Waals surface area contributed by atoms with Gasteiger partial charge >= 0.3 is 0 Å². The zero-order valence-corrected chi connectivity index (χ0v) is 14.3. The first kappa shape index (κ1) is 15.8. The van der Waals surface area contributed by atoms with Gasteiger partial charge in [-0.05, 0) is 37.1 Å². The van der Waals surface area contributed by atoms with Crippen molar-refractivity contribution in [3.8, 4) is 0 Å². The molecule has 0 spiro atoms. The molecule has 0 aliphatic heterocycles. The molecule has 0 aliphatic carbocycles. The van der Waals surface area contributed by atoms with E-state index in [0.29, 0.717) is 6.04 Å². The Hall–Kier alpha value is -2.06. The topological polar surface area (TPSA) is 17.0 Å². The normalized spacial score (nSPS) is 11.5. The standard InChI is InChI=1S/C21H26N2/c1-16(2)22-14-13-19-17(3)23(15-18-9-5-4-6-10-18)21-12-8-7-11-20(19)21/h4-12,16,22H,13-15H2,1-3H3. The Morgan fingerprint density at radius 2 is 1.65 bits per heavy atom. The molecule has 1 N–H and O–H groups in total. The van der Waals surface area contributed by atoms with Crippen molar-refractivity contribution in [2.45, 2.75) is 39.8 Å². The van der Waals surface area contributed by atoms with Gasteiger partial charge in [0.1, 0.15) is 0 Å². The van der Waals surface area contributed by atoms with E-state index in [4.69, 9.17) is 0 Å². The van der Waals surface area contributed by atoms with Gasteiger partial charge in [0.05, 0.1) is 0 Å². The van der Waals surface area contributed by atoms with Gasteiger partial charge in [0, 0.05) is 29.2 Å². The van der Waals surface area contributed by atoms with Crippen LogP contribution in [0.5, 0.6) is 0 Å². The van der Waals surface area contributed by atoms with Crippen LogP contribution in [0.3, 0.4) is 0 Å². The van der Waals surface area contributed by atoms with E-state index in [-0.39, 0.29) is 0 Å². The average molecular weight is 306 g/mol. The van der Waals surface area contributed by atoms with Gasteiger partial charge in [0.2, 0.25) is 0 Å². The van der Waals surface area contributed by atoms with Crippen LogP contribution in [0.25, 0.3) is 10.9 Å². The van der Waals surface area contributed by atoms with Gasteiger partial charge in [-0.25, -0.2) is 0 Å². The molecular weight excluding hydrogens is 280 g/mol. The minimum atomic E-state index is 0.535. The van der Waals surface area contributed by atoms with Crippen molar-refractivity contribution in [3.05, 3.63) is 71.4 Å². The summed E-state index contributed by atoms with van der Waals surface area (Å²) in [7, 11) is 0. The maximum Gasteiger partial charge on any atom is 0.0488 e. The number of para-hydroxylation sites is 1. The summed E-state index contributed by atoms with van der Waals surface area (Å²) in [6.07, 6.45) is 1.08. The summed E-state index contributed by atoms with van der Waals surface area (Å²) >= 11 is 0. The molecule has 23 heavy (non-hydrogen) atoms.